The Hall–Kier alpha value is -3.75. The van der Waals surface area contributed by atoms with E-state index in [1.165, 1.54) is 54.5 Å². The minimum atomic E-state index is -4.43. The van der Waals surface area contributed by atoms with Crippen LogP contribution in [0.15, 0.2) is 59.6 Å². The predicted molar refractivity (Wildman–Crippen MR) is 141 cm³/mol. The van der Waals surface area contributed by atoms with E-state index in [0.717, 1.165) is 28.8 Å². The van der Waals surface area contributed by atoms with Gasteiger partial charge in [0.25, 0.3) is 0 Å². The number of rotatable bonds is 7. The Balaban J connectivity index is 1.41. The van der Waals surface area contributed by atoms with Gasteiger partial charge in [-0.25, -0.2) is 21.6 Å². The van der Waals surface area contributed by atoms with Crippen LogP contribution in [-0.2, 0) is 21.4 Å². The maximum Gasteiger partial charge on any atom is 0.245 e. The van der Waals surface area contributed by atoms with Crippen LogP contribution in [0.1, 0.15) is 61.3 Å². The summed E-state index contributed by atoms with van der Waals surface area (Å²) in [6, 6.07) is 10.7. The molecule has 1 saturated carbocycles. The van der Waals surface area contributed by atoms with E-state index in [1.54, 1.807) is 0 Å². The fourth-order valence-corrected chi connectivity index (χ4v) is 6.96. The predicted octanol–water partition coefficient (Wildman–Crippen LogP) is 5.41. The second kappa shape index (κ2) is 11.4. The number of nitriles is 1. The molecule has 5 rings (SSSR count). The van der Waals surface area contributed by atoms with Crippen molar-refractivity contribution < 1.29 is 26.4 Å². The fraction of sp³-hybridized carbons (Fsp3) is 0.345. The van der Waals surface area contributed by atoms with Gasteiger partial charge in [-0.3, -0.25) is 9.78 Å². The fourth-order valence-electron chi connectivity index (χ4n) is 5.29. The van der Waals surface area contributed by atoms with Crippen molar-refractivity contribution >= 4 is 21.6 Å². The summed E-state index contributed by atoms with van der Waals surface area (Å²) < 4.78 is 69.1. The molecule has 3 aromatic rings. The smallest absolute Gasteiger partial charge is 0.245 e. The lowest BCUT2D eigenvalue weighted by Crippen LogP contribution is -2.59. The first-order valence-corrected chi connectivity index (χ1v) is 14.6. The molecule has 40 heavy (non-hydrogen) atoms. The molecule has 7 nitrogen and oxygen atoms in total. The molecule has 1 saturated heterocycles. The summed E-state index contributed by atoms with van der Waals surface area (Å²) >= 11 is 0. The van der Waals surface area contributed by atoms with E-state index in [2.05, 4.69) is 4.98 Å². The van der Waals surface area contributed by atoms with Crippen molar-refractivity contribution in [2.45, 2.75) is 61.9 Å². The molecule has 1 aliphatic carbocycles. The molecular weight excluding hydrogens is 541 g/mol. The van der Waals surface area contributed by atoms with Gasteiger partial charge >= 0.3 is 0 Å². The number of aromatic nitrogens is 1. The quantitative estimate of drug-likeness (QED) is 0.380. The summed E-state index contributed by atoms with van der Waals surface area (Å²) in [5.74, 6) is -3.52. The molecule has 2 aromatic carbocycles. The third-order valence-corrected chi connectivity index (χ3v) is 9.52. The molecule has 208 valence electrons. The summed E-state index contributed by atoms with van der Waals surface area (Å²) in [5, 5.41) is 9.07. The zero-order chi connectivity index (χ0) is 28.4. The Labute approximate surface area is 230 Å². The average Bonchev–Trinajstić information content (AvgIpc) is 2.93. The third kappa shape index (κ3) is 5.46. The van der Waals surface area contributed by atoms with Gasteiger partial charge < -0.3 is 4.90 Å². The highest BCUT2D eigenvalue weighted by atomic mass is 32.2. The van der Waals surface area contributed by atoms with E-state index in [4.69, 9.17) is 5.26 Å². The molecule has 11 heteroatoms. The van der Waals surface area contributed by atoms with Crippen LogP contribution in [0.2, 0.25) is 0 Å². The molecule has 1 atom stereocenters. The van der Waals surface area contributed by atoms with E-state index in [0.29, 0.717) is 23.4 Å². The molecule has 1 amide bonds. The zero-order valence-corrected chi connectivity index (χ0v) is 22.4. The van der Waals surface area contributed by atoms with Crippen LogP contribution in [0.25, 0.3) is 0 Å². The Bertz CT molecular complexity index is 1550. The van der Waals surface area contributed by atoms with Crippen LogP contribution in [0.5, 0.6) is 0 Å². The number of benzene rings is 2. The number of carbonyl (C=O) groups is 1. The van der Waals surface area contributed by atoms with Crippen molar-refractivity contribution in [3.63, 3.8) is 0 Å². The van der Waals surface area contributed by atoms with E-state index >= 15 is 0 Å². The van der Waals surface area contributed by atoms with Gasteiger partial charge in [0.1, 0.15) is 17.9 Å². The molecular formula is C29H27F3N4O3S. The number of nitrogens with zero attached hydrogens (tertiary/aromatic N) is 4. The molecule has 1 aromatic heterocycles. The molecule has 0 spiro atoms. The van der Waals surface area contributed by atoms with Gasteiger partial charge in [-0.15, -0.1) is 0 Å². The lowest BCUT2D eigenvalue weighted by molar-refractivity contribution is -0.125. The van der Waals surface area contributed by atoms with Crippen LogP contribution < -0.4 is 4.90 Å². The summed E-state index contributed by atoms with van der Waals surface area (Å²) in [5.41, 5.74) is 1.32. The van der Waals surface area contributed by atoms with Gasteiger partial charge in [-0.05, 0) is 73.2 Å². The Morgan fingerprint density at radius 2 is 1.75 bits per heavy atom. The van der Waals surface area contributed by atoms with Crippen molar-refractivity contribution in [1.29, 1.82) is 5.26 Å². The van der Waals surface area contributed by atoms with Crippen LogP contribution in [0, 0.1) is 28.8 Å². The number of amides is 1. The van der Waals surface area contributed by atoms with Crippen molar-refractivity contribution in [1.82, 2.24) is 9.29 Å². The van der Waals surface area contributed by atoms with Gasteiger partial charge in [-0.2, -0.15) is 9.57 Å². The number of halogens is 3. The number of hydrogen-bond acceptors (Lipinski definition) is 5. The highest BCUT2D eigenvalue weighted by molar-refractivity contribution is 7.89. The maximum atomic E-state index is 14.0. The molecule has 0 bridgehead atoms. The third-order valence-electron chi connectivity index (χ3n) is 7.63. The van der Waals surface area contributed by atoms with Gasteiger partial charge in [-0.1, -0.05) is 25.3 Å². The van der Waals surface area contributed by atoms with E-state index < -0.39 is 49.9 Å². The second-order valence-corrected chi connectivity index (χ2v) is 12.0. The largest absolute Gasteiger partial charge is 0.305 e. The second-order valence-electron chi connectivity index (χ2n) is 10.1. The molecule has 1 aliphatic heterocycles. The first-order chi connectivity index (χ1) is 19.2. The van der Waals surface area contributed by atoms with Gasteiger partial charge in [0.2, 0.25) is 15.9 Å². The van der Waals surface area contributed by atoms with Gasteiger partial charge in [0.15, 0.2) is 11.6 Å². The molecule has 2 aliphatic rings. The summed E-state index contributed by atoms with van der Waals surface area (Å²) in [7, 11) is -4.43. The first-order valence-electron chi connectivity index (χ1n) is 13.1. The zero-order valence-electron chi connectivity index (χ0n) is 21.6. The van der Waals surface area contributed by atoms with Crippen molar-refractivity contribution in [2.24, 2.45) is 0 Å². The number of pyridine rings is 1. The Morgan fingerprint density at radius 3 is 2.35 bits per heavy atom. The van der Waals surface area contributed by atoms with Crippen molar-refractivity contribution in [3.8, 4) is 6.07 Å². The summed E-state index contributed by atoms with van der Waals surface area (Å²) in [6.45, 7) is -0.00519. The SMILES string of the molecule is N#Cc1cc(S(=O)(=O)N2CC[C@@H]2C(=O)N(Cc2ccc(C3CCCCC3)cn2)c2ccc(F)cc2)cc(F)c1F. The lowest BCUT2D eigenvalue weighted by Gasteiger charge is -2.41. The Kier molecular flexibility index (Phi) is 7.92. The van der Waals surface area contributed by atoms with Gasteiger partial charge in [0.05, 0.1) is 22.7 Å². The number of carbonyl (C=O) groups excluding carboxylic acids is 1. The van der Waals surface area contributed by atoms with Crippen LogP contribution >= 0.6 is 0 Å². The van der Waals surface area contributed by atoms with Crippen molar-refractivity contribution in [2.75, 3.05) is 11.4 Å². The molecule has 0 radical (unpaired) electrons. The standard InChI is InChI=1S/C29H27F3N4O3S/c30-22-7-10-24(11-8-22)35(18-23-9-6-20(17-34-23)19-4-2-1-3-5-19)29(37)27-12-13-36(27)40(38,39)25-14-21(16-33)28(32)26(31)15-25/h6-11,14-15,17,19,27H,1-5,12-13,18H2/t27-/m1/s1. The van der Waals surface area contributed by atoms with E-state index in [1.807, 2.05) is 18.3 Å². The monoisotopic (exact) mass is 568 g/mol. The normalized spacial score (nSPS) is 18.1. The van der Waals surface area contributed by atoms with Crippen LogP contribution in [-0.4, -0.2) is 36.2 Å². The maximum absolute atomic E-state index is 14.0. The summed E-state index contributed by atoms with van der Waals surface area (Å²) in [4.78, 5) is 19.1. The molecule has 0 N–H and O–H groups in total. The molecule has 0 unspecified atom stereocenters. The van der Waals surface area contributed by atoms with Crippen molar-refractivity contribution in [3.05, 3.63) is 89.0 Å². The molecule has 2 heterocycles. The van der Waals surface area contributed by atoms with E-state index in [9.17, 15) is 26.4 Å². The average molecular weight is 569 g/mol. The topological polar surface area (TPSA) is 94.4 Å². The minimum Gasteiger partial charge on any atom is -0.305 e. The first kappa shape index (κ1) is 27.8. The van der Waals surface area contributed by atoms with E-state index in [-0.39, 0.29) is 19.5 Å². The minimum absolute atomic E-state index is 0.0174. The number of hydrogen-bond donors (Lipinski definition) is 0. The number of anilines is 1. The molecule has 2 fully saturated rings. The lowest BCUT2D eigenvalue weighted by atomic mass is 9.85. The highest BCUT2D eigenvalue weighted by Gasteiger charge is 2.45. The van der Waals surface area contributed by atoms with Crippen LogP contribution in [0.4, 0.5) is 18.9 Å². The van der Waals surface area contributed by atoms with Gasteiger partial charge in [0, 0.05) is 18.4 Å². The summed E-state index contributed by atoms with van der Waals surface area (Å²) in [6.07, 6.45) is 7.83. The Morgan fingerprint density at radius 1 is 1.02 bits per heavy atom. The van der Waals surface area contributed by atoms with Crippen LogP contribution in [0.3, 0.4) is 0 Å². The number of sulfonamides is 1. The highest BCUT2D eigenvalue weighted by Crippen LogP contribution is 2.34.